The number of nitrogens with zero attached hydrogens (tertiary/aromatic N) is 2. The summed E-state index contributed by atoms with van der Waals surface area (Å²) in [6, 6.07) is 7.50. The molecule has 3 nitrogen and oxygen atoms in total. The summed E-state index contributed by atoms with van der Waals surface area (Å²) in [5.41, 5.74) is 8.07. The van der Waals surface area contributed by atoms with Crippen LogP contribution in [0.4, 0.5) is 5.69 Å². The van der Waals surface area contributed by atoms with Crippen molar-refractivity contribution >= 4 is 24.3 Å². The smallest absolute Gasteiger partial charge is 0.0880 e. The predicted molar refractivity (Wildman–Crippen MR) is 62.5 cm³/mol. The number of nitrogen functional groups attached to an aromatic ring is 1. The lowest BCUT2D eigenvalue weighted by molar-refractivity contribution is 1.46. The first-order valence-electron chi connectivity index (χ1n) is 4.28. The van der Waals surface area contributed by atoms with E-state index in [1.807, 2.05) is 31.2 Å². The summed E-state index contributed by atoms with van der Waals surface area (Å²) < 4.78 is 0. The highest BCUT2D eigenvalue weighted by atomic mass is 14.8. The summed E-state index contributed by atoms with van der Waals surface area (Å²) in [6.07, 6.45) is 3.31. The van der Waals surface area contributed by atoms with E-state index in [0.717, 1.165) is 11.3 Å². The van der Waals surface area contributed by atoms with E-state index >= 15 is 0 Å². The zero-order valence-corrected chi connectivity index (χ0v) is 8.14. The summed E-state index contributed by atoms with van der Waals surface area (Å²) in [5.74, 6) is 0. The minimum absolute atomic E-state index is 0.712. The van der Waals surface area contributed by atoms with Gasteiger partial charge in [0.2, 0.25) is 0 Å². The highest BCUT2D eigenvalue weighted by Crippen LogP contribution is 2.17. The average Bonchev–Trinajstić information content (AvgIpc) is 2.17. The molecule has 3 heteroatoms. The Labute approximate surface area is 83.7 Å². The van der Waals surface area contributed by atoms with Gasteiger partial charge in [0.25, 0.3) is 0 Å². The summed E-state index contributed by atoms with van der Waals surface area (Å²) in [5, 5.41) is 0. The Morgan fingerprint density at radius 2 is 2.29 bits per heavy atom. The third-order valence-corrected chi connectivity index (χ3v) is 1.66. The van der Waals surface area contributed by atoms with Gasteiger partial charge in [-0.25, -0.2) is 0 Å². The molecule has 0 unspecified atom stereocenters. The van der Waals surface area contributed by atoms with Crippen molar-refractivity contribution in [1.82, 2.24) is 0 Å². The van der Waals surface area contributed by atoms with E-state index in [1.54, 1.807) is 12.4 Å². The fourth-order valence-electron chi connectivity index (χ4n) is 1.11. The minimum atomic E-state index is 0.712. The van der Waals surface area contributed by atoms with Gasteiger partial charge < -0.3 is 5.73 Å². The standard InChI is InChI=1S/C11H13N3/c1-3-14-11(8-13-2)9-5-4-6-10(12)7-9/h3-8H,2,12H2,1H3/b11-8-,14-3?. The Kier molecular flexibility index (Phi) is 3.61. The van der Waals surface area contributed by atoms with Crippen LogP contribution >= 0.6 is 0 Å². The van der Waals surface area contributed by atoms with Crippen LogP contribution in [0.3, 0.4) is 0 Å². The van der Waals surface area contributed by atoms with Crippen LogP contribution < -0.4 is 5.73 Å². The van der Waals surface area contributed by atoms with Crippen LogP contribution in [0.1, 0.15) is 12.5 Å². The zero-order valence-electron chi connectivity index (χ0n) is 8.14. The SMILES string of the molecule is C=N/C=C(\N=CC)c1cccc(N)c1. The van der Waals surface area contributed by atoms with Gasteiger partial charge in [0.1, 0.15) is 0 Å². The van der Waals surface area contributed by atoms with Crippen LogP contribution in [-0.2, 0) is 0 Å². The molecule has 1 rings (SSSR count). The van der Waals surface area contributed by atoms with Gasteiger partial charge in [-0.2, -0.15) is 0 Å². The van der Waals surface area contributed by atoms with Gasteiger partial charge in [-0.3, -0.25) is 9.98 Å². The van der Waals surface area contributed by atoms with Crippen LogP contribution in [0.2, 0.25) is 0 Å². The molecule has 0 atom stereocenters. The number of anilines is 1. The molecule has 1 aromatic carbocycles. The Morgan fingerprint density at radius 1 is 1.50 bits per heavy atom. The molecule has 2 N–H and O–H groups in total. The second kappa shape index (κ2) is 4.97. The van der Waals surface area contributed by atoms with Gasteiger partial charge in [-0.15, -0.1) is 0 Å². The molecule has 0 aliphatic carbocycles. The van der Waals surface area contributed by atoms with E-state index in [-0.39, 0.29) is 0 Å². The van der Waals surface area contributed by atoms with Crippen molar-refractivity contribution in [1.29, 1.82) is 0 Å². The lowest BCUT2D eigenvalue weighted by Gasteiger charge is -2.01. The minimum Gasteiger partial charge on any atom is -0.399 e. The highest BCUT2D eigenvalue weighted by molar-refractivity contribution is 5.74. The Hall–Kier alpha value is -1.90. The Balaban J connectivity index is 3.11. The molecule has 0 aliphatic rings. The summed E-state index contributed by atoms with van der Waals surface area (Å²) in [4.78, 5) is 7.87. The van der Waals surface area contributed by atoms with Crippen LogP contribution in [-0.4, -0.2) is 12.9 Å². The van der Waals surface area contributed by atoms with Crippen molar-refractivity contribution in [3.63, 3.8) is 0 Å². The van der Waals surface area contributed by atoms with Gasteiger partial charge >= 0.3 is 0 Å². The van der Waals surface area contributed by atoms with Gasteiger partial charge in [0, 0.05) is 17.5 Å². The van der Waals surface area contributed by atoms with E-state index in [0.29, 0.717) is 5.69 Å². The number of aliphatic imine (C=N–C) groups is 2. The molecule has 0 radical (unpaired) electrons. The first-order valence-corrected chi connectivity index (χ1v) is 4.28. The monoisotopic (exact) mass is 187 g/mol. The normalized spacial score (nSPS) is 11.9. The summed E-state index contributed by atoms with van der Waals surface area (Å²) in [7, 11) is 0. The molecule has 0 spiro atoms. The maximum Gasteiger partial charge on any atom is 0.0880 e. The highest BCUT2D eigenvalue weighted by Gasteiger charge is 1.98. The molecule has 0 aromatic heterocycles. The number of hydrogen-bond donors (Lipinski definition) is 1. The lowest BCUT2D eigenvalue weighted by Crippen LogP contribution is -1.87. The second-order valence-electron chi connectivity index (χ2n) is 2.71. The van der Waals surface area contributed by atoms with Gasteiger partial charge in [-0.05, 0) is 25.8 Å². The van der Waals surface area contributed by atoms with E-state index in [9.17, 15) is 0 Å². The lowest BCUT2D eigenvalue weighted by atomic mass is 10.1. The summed E-state index contributed by atoms with van der Waals surface area (Å²) >= 11 is 0. The van der Waals surface area contributed by atoms with E-state index in [2.05, 4.69) is 16.7 Å². The molecule has 0 heterocycles. The molecule has 0 saturated carbocycles. The van der Waals surface area contributed by atoms with Crippen molar-refractivity contribution in [2.45, 2.75) is 6.92 Å². The number of hydrogen-bond acceptors (Lipinski definition) is 3. The fraction of sp³-hybridized carbons (Fsp3) is 0.0909. The number of benzene rings is 1. The largest absolute Gasteiger partial charge is 0.399 e. The van der Waals surface area contributed by atoms with Crippen molar-refractivity contribution in [2.75, 3.05) is 5.73 Å². The van der Waals surface area contributed by atoms with Crippen LogP contribution in [0, 0.1) is 0 Å². The molecule has 0 amide bonds. The Bertz CT molecular complexity index is 378. The van der Waals surface area contributed by atoms with Gasteiger partial charge in [0.15, 0.2) is 0 Å². The van der Waals surface area contributed by atoms with Crippen LogP contribution in [0.5, 0.6) is 0 Å². The molecule has 0 bridgehead atoms. The number of rotatable bonds is 3. The molecular formula is C11H13N3. The third-order valence-electron chi connectivity index (χ3n) is 1.66. The number of nitrogens with two attached hydrogens (primary N) is 1. The molecule has 72 valence electrons. The summed E-state index contributed by atoms with van der Waals surface area (Å²) in [6.45, 7) is 5.25. The first kappa shape index (κ1) is 10.2. The third kappa shape index (κ3) is 2.55. The average molecular weight is 187 g/mol. The van der Waals surface area contributed by atoms with E-state index in [1.165, 1.54) is 0 Å². The molecule has 0 fully saturated rings. The molecular weight excluding hydrogens is 174 g/mol. The second-order valence-corrected chi connectivity index (χ2v) is 2.71. The van der Waals surface area contributed by atoms with E-state index in [4.69, 9.17) is 5.73 Å². The van der Waals surface area contributed by atoms with E-state index < -0.39 is 0 Å². The maximum absolute atomic E-state index is 5.66. The zero-order chi connectivity index (χ0) is 10.4. The fourth-order valence-corrected chi connectivity index (χ4v) is 1.11. The first-order chi connectivity index (χ1) is 6.77. The van der Waals surface area contributed by atoms with Gasteiger partial charge in [-0.1, -0.05) is 12.1 Å². The molecule has 1 aromatic rings. The Morgan fingerprint density at radius 3 is 2.86 bits per heavy atom. The van der Waals surface area contributed by atoms with Crippen molar-refractivity contribution in [3.8, 4) is 0 Å². The molecule has 0 saturated heterocycles. The van der Waals surface area contributed by atoms with Crippen molar-refractivity contribution < 1.29 is 0 Å². The van der Waals surface area contributed by atoms with Crippen molar-refractivity contribution in [2.24, 2.45) is 9.98 Å². The van der Waals surface area contributed by atoms with Crippen LogP contribution in [0.15, 0.2) is 40.5 Å². The van der Waals surface area contributed by atoms with Crippen LogP contribution in [0.25, 0.3) is 5.70 Å². The predicted octanol–water partition coefficient (Wildman–Crippen LogP) is 2.36. The molecule has 0 aliphatic heterocycles. The van der Waals surface area contributed by atoms with Crippen molar-refractivity contribution in [3.05, 3.63) is 36.0 Å². The topological polar surface area (TPSA) is 50.7 Å². The molecule has 14 heavy (non-hydrogen) atoms. The van der Waals surface area contributed by atoms with Gasteiger partial charge in [0.05, 0.1) is 11.9 Å². The quantitative estimate of drug-likeness (QED) is 0.573. The maximum atomic E-state index is 5.66.